The first-order valence-electron chi connectivity index (χ1n) is 5.99. The molecular weight excluding hydrogens is 320 g/mol. The predicted octanol–water partition coefficient (Wildman–Crippen LogP) is 3.62. The minimum Gasteiger partial charge on any atom is -0.478 e. The SMILES string of the molecule is Cc1cc(-c2cc(Br)ccc2C)nc(/C=C/C(=O)O)n1. The molecular formula is C15H13BrN2O2. The topological polar surface area (TPSA) is 63.1 Å². The lowest BCUT2D eigenvalue weighted by atomic mass is 10.1. The summed E-state index contributed by atoms with van der Waals surface area (Å²) in [6.45, 7) is 3.86. The van der Waals surface area contributed by atoms with Crippen LogP contribution < -0.4 is 0 Å². The number of benzene rings is 1. The van der Waals surface area contributed by atoms with Gasteiger partial charge in [0.15, 0.2) is 5.82 Å². The van der Waals surface area contributed by atoms with Crippen LogP contribution in [0.1, 0.15) is 17.1 Å². The summed E-state index contributed by atoms with van der Waals surface area (Å²) < 4.78 is 0.969. The summed E-state index contributed by atoms with van der Waals surface area (Å²) in [6.07, 6.45) is 2.43. The maximum absolute atomic E-state index is 10.6. The predicted molar refractivity (Wildman–Crippen MR) is 81.3 cm³/mol. The molecule has 2 aromatic rings. The molecule has 1 aromatic carbocycles. The van der Waals surface area contributed by atoms with E-state index in [0.717, 1.165) is 33.1 Å². The molecule has 1 N–H and O–H groups in total. The Morgan fingerprint density at radius 2 is 2.00 bits per heavy atom. The summed E-state index contributed by atoms with van der Waals surface area (Å²) in [7, 11) is 0. The summed E-state index contributed by atoms with van der Waals surface area (Å²) in [5, 5.41) is 8.66. The van der Waals surface area contributed by atoms with Crippen molar-refractivity contribution in [3.63, 3.8) is 0 Å². The standard InChI is InChI=1S/C15H13BrN2O2/c1-9-3-4-11(16)8-12(9)13-7-10(2)17-14(18-13)5-6-15(19)20/h3-8H,1-2H3,(H,19,20)/b6-5+. The highest BCUT2D eigenvalue weighted by atomic mass is 79.9. The molecule has 1 heterocycles. The number of aromatic nitrogens is 2. The molecule has 4 nitrogen and oxygen atoms in total. The molecule has 2 rings (SSSR count). The minimum atomic E-state index is -1.02. The second-order valence-electron chi connectivity index (χ2n) is 4.38. The number of carboxylic acid groups (broad SMARTS) is 1. The van der Waals surface area contributed by atoms with Crippen molar-refractivity contribution in [2.24, 2.45) is 0 Å². The number of carboxylic acids is 1. The van der Waals surface area contributed by atoms with E-state index in [9.17, 15) is 4.79 Å². The largest absolute Gasteiger partial charge is 0.478 e. The molecule has 0 saturated carbocycles. The lowest BCUT2D eigenvalue weighted by Crippen LogP contribution is -1.96. The van der Waals surface area contributed by atoms with Gasteiger partial charge in [-0.3, -0.25) is 0 Å². The van der Waals surface area contributed by atoms with Gasteiger partial charge in [0.05, 0.1) is 5.69 Å². The second kappa shape index (κ2) is 5.96. The monoisotopic (exact) mass is 332 g/mol. The zero-order chi connectivity index (χ0) is 14.7. The smallest absolute Gasteiger partial charge is 0.328 e. The lowest BCUT2D eigenvalue weighted by Gasteiger charge is -2.07. The number of aryl methyl sites for hydroxylation is 2. The van der Waals surface area contributed by atoms with Crippen molar-refractivity contribution in [2.45, 2.75) is 13.8 Å². The van der Waals surface area contributed by atoms with Gasteiger partial charge in [-0.05, 0) is 43.7 Å². The van der Waals surface area contributed by atoms with Crippen molar-refractivity contribution in [3.05, 3.63) is 51.9 Å². The number of hydrogen-bond donors (Lipinski definition) is 1. The Balaban J connectivity index is 2.52. The van der Waals surface area contributed by atoms with E-state index in [1.165, 1.54) is 6.08 Å². The van der Waals surface area contributed by atoms with Crippen molar-refractivity contribution in [1.29, 1.82) is 0 Å². The molecule has 0 radical (unpaired) electrons. The van der Waals surface area contributed by atoms with Crippen molar-refractivity contribution in [3.8, 4) is 11.3 Å². The molecule has 20 heavy (non-hydrogen) atoms. The van der Waals surface area contributed by atoms with Crippen LogP contribution in [0, 0.1) is 13.8 Å². The molecule has 0 fully saturated rings. The number of carbonyl (C=O) groups is 1. The molecule has 0 saturated heterocycles. The molecule has 0 spiro atoms. The Bertz CT molecular complexity index is 696. The van der Waals surface area contributed by atoms with Gasteiger partial charge in [-0.15, -0.1) is 0 Å². The van der Waals surface area contributed by atoms with Gasteiger partial charge in [0, 0.05) is 21.8 Å². The van der Waals surface area contributed by atoms with Gasteiger partial charge in [0.25, 0.3) is 0 Å². The van der Waals surface area contributed by atoms with Crippen molar-refractivity contribution in [2.75, 3.05) is 0 Å². The average Bonchev–Trinajstić information content (AvgIpc) is 2.38. The molecule has 5 heteroatoms. The zero-order valence-corrected chi connectivity index (χ0v) is 12.7. The average molecular weight is 333 g/mol. The third-order valence-corrected chi connectivity index (χ3v) is 3.22. The first kappa shape index (κ1) is 14.4. The van der Waals surface area contributed by atoms with Crippen LogP contribution in [0.15, 0.2) is 34.8 Å². The van der Waals surface area contributed by atoms with Crippen LogP contribution >= 0.6 is 15.9 Å². The molecule has 0 bridgehead atoms. The second-order valence-corrected chi connectivity index (χ2v) is 5.30. The summed E-state index contributed by atoms with van der Waals surface area (Å²) in [6, 6.07) is 7.84. The third-order valence-electron chi connectivity index (χ3n) is 2.72. The van der Waals surface area contributed by atoms with Gasteiger partial charge in [0.1, 0.15) is 0 Å². The summed E-state index contributed by atoms with van der Waals surface area (Å²) in [4.78, 5) is 19.2. The van der Waals surface area contributed by atoms with Crippen molar-refractivity contribution in [1.82, 2.24) is 9.97 Å². The van der Waals surface area contributed by atoms with E-state index < -0.39 is 5.97 Å². The minimum absolute atomic E-state index is 0.391. The van der Waals surface area contributed by atoms with E-state index in [-0.39, 0.29) is 0 Å². The first-order valence-corrected chi connectivity index (χ1v) is 6.78. The lowest BCUT2D eigenvalue weighted by molar-refractivity contribution is -0.131. The Kier molecular flexibility index (Phi) is 4.29. The van der Waals surface area contributed by atoms with Crippen LogP contribution in [0.5, 0.6) is 0 Å². The third kappa shape index (κ3) is 3.51. The maximum atomic E-state index is 10.6. The van der Waals surface area contributed by atoms with Gasteiger partial charge in [-0.2, -0.15) is 0 Å². The normalized spacial score (nSPS) is 10.9. The van der Waals surface area contributed by atoms with E-state index in [1.54, 1.807) is 0 Å². The van der Waals surface area contributed by atoms with E-state index >= 15 is 0 Å². The Morgan fingerprint density at radius 1 is 1.25 bits per heavy atom. The van der Waals surface area contributed by atoms with Gasteiger partial charge in [0.2, 0.25) is 0 Å². The quantitative estimate of drug-likeness (QED) is 0.872. The molecule has 0 amide bonds. The molecule has 0 aliphatic carbocycles. The molecule has 1 aromatic heterocycles. The van der Waals surface area contributed by atoms with E-state index in [4.69, 9.17) is 5.11 Å². The first-order chi connectivity index (χ1) is 9.45. The van der Waals surface area contributed by atoms with Crippen LogP contribution in [0.3, 0.4) is 0 Å². The van der Waals surface area contributed by atoms with Gasteiger partial charge in [-0.1, -0.05) is 22.0 Å². The van der Waals surface area contributed by atoms with Gasteiger partial charge >= 0.3 is 5.97 Å². The van der Waals surface area contributed by atoms with Crippen LogP contribution in [-0.2, 0) is 4.79 Å². The summed E-state index contributed by atoms with van der Waals surface area (Å²) in [5.74, 6) is -0.628. The Morgan fingerprint density at radius 3 is 2.70 bits per heavy atom. The fourth-order valence-electron chi connectivity index (χ4n) is 1.82. The fourth-order valence-corrected chi connectivity index (χ4v) is 2.18. The molecule has 102 valence electrons. The van der Waals surface area contributed by atoms with Crippen LogP contribution in [0.2, 0.25) is 0 Å². The highest BCUT2D eigenvalue weighted by molar-refractivity contribution is 9.10. The van der Waals surface area contributed by atoms with Crippen LogP contribution in [0.4, 0.5) is 0 Å². The van der Waals surface area contributed by atoms with Crippen LogP contribution in [-0.4, -0.2) is 21.0 Å². The summed E-state index contributed by atoms with van der Waals surface area (Å²) in [5.41, 5.74) is 3.66. The van der Waals surface area contributed by atoms with Crippen molar-refractivity contribution >= 4 is 28.0 Å². The highest BCUT2D eigenvalue weighted by Crippen LogP contribution is 2.25. The van der Waals surface area contributed by atoms with Gasteiger partial charge in [-0.25, -0.2) is 14.8 Å². The number of hydrogen-bond acceptors (Lipinski definition) is 3. The number of nitrogens with zero attached hydrogens (tertiary/aromatic N) is 2. The molecule has 0 aliphatic rings. The molecule has 0 atom stereocenters. The van der Waals surface area contributed by atoms with Crippen LogP contribution in [0.25, 0.3) is 17.3 Å². The Labute approximate surface area is 125 Å². The highest BCUT2D eigenvalue weighted by Gasteiger charge is 2.07. The van der Waals surface area contributed by atoms with E-state index in [0.29, 0.717) is 5.82 Å². The number of rotatable bonds is 3. The Hall–Kier alpha value is -2.01. The van der Waals surface area contributed by atoms with Crippen molar-refractivity contribution < 1.29 is 9.90 Å². The number of halogens is 1. The fraction of sp³-hybridized carbons (Fsp3) is 0.133. The molecule has 0 unspecified atom stereocenters. The summed E-state index contributed by atoms with van der Waals surface area (Å²) >= 11 is 3.45. The van der Waals surface area contributed by atoms with E-state index in [1.807, 2.05) is 38.1 Å². The molecule has 0 aliphatic heterocycles. The maximum Gasteiger partial charge on any atom is 0.328 e. The van der Waals surface area contributed by atoms with E-state index in [2.05, 4.69) is 25.9 Å². The number of aliphatic carboxylic acids is 1. The zero-order valence-electron chi connectivity index (χ0n) is 11.1. The van der Waals surface area contributed by atoms with Gasteiger partial charge < -0.3 is 5.11 Å².